The molecule has 0 fully saturated rings. The standard InChI is InChI=1S/C7H9NO5/c9-5-3-1-2-4(7(10)11)6(5)8(12)13/h1,3-6,9H,2H2,(H,10,11)/t4-,5-,6+/m0/s1. The Morgan fingerprint density at radius 1 is 1.62 bits per heavy atom. The monoisotopic (exact) mass is 187 g/mol. The van der Waals surface area contributed by atoms with Crippen molar-refractivity contribution < 1.29 is 19.9 Å². The number of aliphatic carboxylic acids is 1. The molecule has 1 rings (SSSR count). The van der Waals surface area contributed by atoms with Gasteiger partial charge < -0.3 is 10.2 Å². The van der Waals surface area contributed by atoms with Crippen LogP contribution in [0, 0.1) is 16.0 Å². The summed E-state index contributed by atoms with van der Waals surface area (Å²) in [6.45, 7) is 0. The number of carbonyl (C=O) groups is 1. The minimum atomic E-state index is -1.43. The summed E-state index contributed by atoms with van der Waals surface area (Å²) in [7, 11) is 0. The van der Waals surface area contributed by atoms with Gasteiger partial charge in [-0.25, -0.2) is 0 Å². The fourth-order valence-electron chi connectivity index (χ4n) is 1.37. The highest BCUT2D eigenvalue weighted by Gasteiger charge is 2.43. The lowest BCUT2D eigenvalue weighted by Crippen LogP contribution is -2.44. The van der Waals surface area contributed by atoms with Crippen LogP contribution in [0.25, 0.3) is 0 Å². The van der Waals surface area contributed by atoms with Crippen molar-refractivity contribution in [2.24, 2.45) is 5.92 Å². The number of carboxylic acids is 1. The molecule has 0 saturated heterocycles. The van der Waals surface area contributed by atoms with E-state index in [1.807, 2.05) is 0 Å². The van der Waals surface area contributed by atoms with Gasteiger partial charge in [0.1, 0.15) is 12.0 Å². The van der Waals surface area contributed by atoms with E-state index in [2.05, 4.69) is 0 Å². The van der Waals surface area contributed by atoms with E-state index in [1.165, 1.54) is 12.2 Å². The van der Waals surface area contributed by atoms with Gasteiger partial charge in [0.15, 0.2) is 0 Å². The molecule has 3 atom stereocenters. The topological polar surface area (TPSA) is 101 Å². The lowest BCUT2D eigenvalue weighted by molar-refractivity contribution is -0.539. The molecule has 6 heteroatoms. The van der Waals surface area contributed by atoms with Gasteiger partial charge in [-0.1, -0.05) is 12.2 Å². The van der Waals surface area contributed by atoms with Gasteiger partial charge in [-0.15, -0.1) is 0 Å². The van der Waals surface area contributed by atoms with Crippen LogP contribution in [0.3, 0.4) is 0 Å². The molecule has 0 bridgehead atoms. The van der Waals surface area contributed by atoms with Gasteiger partial charge in [0, 0.05) is 4.92 Å². The lowest BCUT2D eigenvalue weighted by atomic mass is 9.88. The Balaban J connectivity index is 2.89. The van der Waals surface area contributed by atoms with Crippen LogP contribution in [-0.2, 0) is 4.79 Å². The Kier molecular flexibility index (Phi) is 2.62. The molecule has 0 radical (unpaired) electrons. The SMILES string of the molecule is O=C(O)[C@H]1CC=C[C@H](O)[C@@H]1[N+](=O)[O-]. The first-order valence-corrected chi connectivity index (χ1v) is 3.75. The Morgan fingerprint density at radius 2 is 2.23 bits per heavy atom. The number of hydrogen-bond acceptors (Lipinski definition) is 4. The molecule has 1 aliphatic carbocycles. The summed E-state index contributed by atoms with van der Waals surface area (Å²) in [5, 5.41) is 28.2. The minimum Gasteiger partial charge on any atom is -0.481 e. The maximum absolute atomic E-state index is 10.6. The van der Waals surface area contributed by atoms with Gasteiger partial charge >= 0.3 is 5.97 Å². The minimum absolute atomic E-state index is 0.0953. The van der Waals surface area contributed by atoms with Crippen LogP contribution in [0.1, 0.15) is 6.42 Å². The zero-order valence-electron chi connectivity index (χ0n) is 6.66. The number of hydrogen-bond donors (Lipinski definition) is 2. The largest absolute Gasteiger partial charge is 0.481 e. The van der Waals surface area contributed by atoms with Crippen LogP contribution < -0.4 is 0 Å². The van der Waals surface area contributed by atoms with Gasteiger partial charge in [-0.05, 0) is 6.42 Å². The summed E-state index contributed by atoms with van der Waals surface area (Å²) in [5.41, 5.74) is 0. The molecule has 0 spiro atoms. The molecule has 0 saturated carbocycles. The molecule has 0 aromatic rings. The molecule has 0 aliphatic heterocycles. The van der Waals surface area contributed by atoms with Crippen molar-refractivity contribution in [3.8, 4) is 0 Å². The quantitative estimate of drug-likeness (QED) is 0.349. The van der Waals surface area contributed by atoms with Crippen molar-refractivity contribution in [2.45, 2.75) is 18.6 Å². The van der Waals surface area contributed by atoms with E-state index >= 15 is 0 Å². The average molecular weight is 187 g/mol. The molecule has 0 aromatic carbocycles. The normalized spacial score (nSPS) is 32.8. The number of allylic oxidation sites excluding steroid dienone is 1. The van der Waals surface area contributed by atoms with E-state index in [9.17, 15) is 14.9 Å². The zero-order chi connectivity index (χ0) is 10.0. The van der Waals surface area contributed by atoms with Crippen LogP contribution in [0.2, 0.25) is 0 Å². The summed E-state index contributed by atoms with van der Waals surface area (Å²) < 4.78 is 0. The second-order valence-corrected chi connectivity index (χ2v) is 2.88. The van der Waals surface area contributed by atoms with Crippen molar-refractivity contribution in [3.05, 3.63) is 22.3 Å². The van der Waals surface area contributed by atoms with Crippen molar-refractivity contribution in [3.63, 3.8) is 0 Å². The van der Waals surface area contributed by atoms with Gasteiger partial charge in [0.25, 0.3) is 6.04 Å². The molecule has 2 N–H and O–H groups in total. The van der Waals surface area contributed by atoms with Crippen LogP contribution in [0.15, 0.2) is 12.2 Å². The third kappa shape index (κ3) is 1.83. The number of nitrogens with zero attached hydrogens (tertiary/aromatic N) is 1. The summed E-state index contributed by atoms with van der Waals surface area (Å²) in [5.74, 6) is -2.37. The fraction of sp³-hybridized carbons (Fsp3) is 0.571. The first-order chi connectivity index (χ1) is 6.04. The summed E-state index contributed by atoms with van der Waals surface area (Å²) in [6.07, 6.45) is 1.50. The van der Waals surface area contributed by atoms with E-state index in [4.69, 9.17) is 10.2 Å². The number of carboxylic acid groups (broad SMARTS) is 1. The first-order valence-electron chi connectivity index (χ1n) is 3.75. The predicted octanol–water partition coefficient (Wildman–Crippen LogP) is -0.347. The molecule has 0 unspecified atom stereocenters. The van der Waals surface area contributed by atoms with E-state index in [1.54, 1.807) is 0 Å². The Labute approximate surface area is 73.6 Å². The fourth-order valence-corrected chi connectivity index (χ4v) is 1.37. The molecule has 0 heterocycles. The predicted molar refractivity (Wildman–Crippen MR) is 41.7 cm³/mol. The molecule has 13 heavy (non-hydrogen) atoms. The molecule has 6 nitrogen and oxygen atoms in total. The number of nitro groups is 1. The second-order valence-electron chi connectivity index (χ2n) is 2.88. The maximum Gasteiger partial charge on any atom is 0.313 e. The Hall–Kier alpha value is -1.43. The third-order valence-electron chi connectivity index (χ3n) is 2.05. The van der Waals surface area contributed by atoms with Crippen molar-refractivity contribution in [2.75, 3.05) is 0 Å². The number of aliphatic hydroxyl groups is 1. The summed E-state index contributed by atoms with van der Waals surface area (Å²) in [6, 6.07) is -1.43. The Morgan fingerprint density at radius 3 is 2.62 bits per heavy atom. The summed E-state index contributed by atoms with van der Waals surface area (Å²) >= 11 is 0. The van der Waals surface area contributed by atoms with Crippen LogP contribution in [0.5, 0.6) is 0 Å². The van der Waals surface area contributed by atoms with Gasteiger partial charge in [-0.3, -0.25) is 14.9 Å². The first kappa shape index (κ1) is 9.66. The molecule has 1 aliphatic rings. The van der Waals surface area contributed by atoms with Crippen molar-refractivity contribution in [1.29, 1.82) is 0 Å². The zero-order valence-corrected chi connectivity index (χ0v) is 6.66. The van der Waals surface area contributed by atoms with E-state index in [0.29, 0.717) is 0 Å². The van der Waals surface area contributed by atoms with Crippen LogP contribution >= 0.6 is 0 Å². The number of aliphatic hydroxyl groups excluding tert-OH is 1. The smallest absolute Gasteiger partial charge is 0.313 e. The van der Waals surface area contributed by atoms with Crippen LogP contribution in [0.4, 0.5) is 0 Å². The van der Waals surface area contributed by atoms with E-state index in [0.717, 1.165) is 0 Å². The molecule has 0 aromatic heterocycles. The molecular formula is C7H9NO5. The number of rotatable bonds is 2. The van der Waals surface area contributed by atoms with E-state index < -0.39 is 29.0 Å². The maximum atomic E-state index is 10.6. The lowest BCUT2D eigenvalue weighted by Gasteiger charge is -2.22. The van der Waals surface area contributed by atoms with E-state index in [-0.39, 0.29) is 6.42 Å². The molecular weight excluding hydrogens is 178 g/mol. The van der Waals surface area contributed by atoms with Gasteiger partial charge in [0.05, 0.1) is 0 Å². The highest BCUT2D eigenvalue weighted by atomic mass is 16.6. The highest BCUT2D eigenvalue weighted by molar-refractivity contribution is 5.71. The van der Waals surface area contributed by atoms with Crippen molar-refractivity contribution in [1.82, 2.24) is 0 Å². The molecule has 0 amide bonds. The third-order valence-corrected chi connectivity index (χ3v) is 2.05. The highest BCUT2D eigenvalue weighted by Crippen LogP contribution is 2.22. The van der Waals surface area contributed by atoms with Gasteiger partial charge in [0.2, 0.25) is 0 Å². The average Bonchev–Trinajstić information content (AvgIpc) is 2.02. The van der Waals surface area contributed by atoms with Crippen molar-refractivity contribution >= 4 is 5.97 Å². The summed E-state index contributed by atoms with van der Waals surface area (Å²) in [4.78, 5) is 20.3. The van der Waals surface area contributed by atoms with Crippen LogP contribution in [-0.4, -0.2) is 33.3 Å². The second kappa shape index (κ2) is 3.53. The Bertz CT molecular complexity index is 262. The van der Waals surface area contributed by atoms with Gasteiger partial charge in [-0.2, -0.15) is 0 Å². The molecule has 72 valence electrons.